The molecule has 2 fully saturated rings. The lowest BCUT2D eigenvalue weighted by atomic mass is 10.0. The van der Waals surface area contributed by atoms with Crippen LogP contribution in [0.25, 0.3) is 10.9 Å². The van der Waals surface area contributed by atoms with Crippen molar-refractivity contribution in [3.05, 3.63) is 39.4 Å². The molecular formula is C28H36FN5O5. The number of alkyl carbamates (subject to hydrolysis) is 2. The van der Waals surface area contributed by atoms with Crippen LogP contribution in [0, 0.1) is 17.1 Å². The van der Waals surface area contributed by atoms with Crippen LogP contribution in [0.4, 0.5) is 19.7 Å². The van der Waals surface area contributed by atoms with E-state index in [4.69, 9.17) is 9.47 Å². The Morgan fingerprint density at radius 1 is 1.08 bits per heavy atom. The number of fused-ring (bicyclic) bond motifs is 1. The van der Waals surface area contributed by atoms with E-state index < -0.39 is 29.2 Å². The molecule has 1 saturated heterocycles. The van der Waals surface area contributed by atoms with Crippen LogP contribution in [-0.2, 0) is 16.0 Å². The number of rotatable bonds is 5. The second-order valence-corrected chi connectivity index (χ2v) is 12.1. The predicted octanol–water partition coefficient (Wildman–Crippen LogP) is 4.48. The zero-order valence-electron chi connectivity index (χ0n) is 23.3. The van der Waals surface area contributed by atoms with E-state index in [-0.39, 0.29) is 42.0 Å². The number of aromatic nitrogens is 1. The van der Waals surface area contributed by atoms with Crippen molar-refractivity contribution in [3.63, 3.8) is 0 Å². The van der Waals surface area contributed by atoms with Crippen LogP contribution >= 0.6 is 0 Å². The van der Waals surface area contributed by atoms with Crippen molar-refractivity contribution in [2.24, 2.45) is 0 Å². The van der Waals surface area contributed by atoms with Gasteiger partial charge in [0.1, 0.15) is 28.7 Å². The Bertz CT molecular complexity index is 1400. The summed E-state index contributed by atoms with van der Waals surface area (Å²) in [5.41, 5.74) is -0.758. The number of amides is 2. The van der Waals surface area contributed by atoms with Crippen LogP contribution in [0.5, 0.6) is 0 Å². The summed E-state index contributed by atoms with van der Waals surface area (Å²) in [6, 6.07) is 4.49. The first-order valence-electron chi connectivity index (χ1n) is 13.2. The van der Waals surface area contributed by atoms with E-state index in [1.54, 1.807) is 51.0 Å². The molecule has 210 valence electrons. The zero-order chi connectivity index (χ0) is 28.7. The minimum Gasteiger partial charge on any atom is -0.444 e. The number of hydrogen-bond acceptors (Lipinski definition) is 7. The van der Waals surface area contributed by atoms with Crippen LogP contribution < -0.4 is 21.1 Å². The first kappa shape index (κ1) is 28.2. The molecule has 2 amide bonds. The third-order valence-electron chi connectivity index (χ3n) is 6.42. The molecule has 0 bridgehead atoms. The number of benzene rings is 1. The van der Waals surface area contributed by atoms with Crippen molar-refractivity contribution in [1.82, 2.24) is 15.2 Å². The van der Waals surface area contributed by atoms with Crippen molar-refractivity contribution in [2.75, 3.05) is 18.0 Å². The lowest BCUT2D eigenvalue weighted by molar-refractivity contribution is 0.0502. The average Bonchev–Trinajstić information content (AvgIpc) is 3.52. The topological polar surface area (TPSA) is 126 Å². The predicted molar refractivity (Wildman–Crippen MR) is 144 cm³/mol. The maximum absolute atomic E-state index is 15.8. The Morgan fingerprint density at radius 3 is 2.31 bits per heavy atom. The smallest absolute Gasteiger partial charge is 0.407 e. The van der Waals surface area contributed by atoms with Crippen LogP contribution in [0.15, 0.2) is 16.9 Å². The van der Waals surface area contributed by atoms with Gasteiger partial charge in [0, 0.05) is 37.1 Å². The van der Waals surface area contributed by atoms with E-state index in [2.05, 4.69) is 16.7 Å². The lowest BCUT2D eigenvalue weighted by Gasteiger charge is -2.25. The number of nitriles is 1. The summed E-state index contributed by atoms with van der Waals surface area (Å²) in [5.74, 6) is -0.614. The Morgan fingerprint density at radius 2 is 1.72 bits per heavy atom. The van der Waals surface area contributed by atoms with Crippen molar-refractivity contribution in [3.8, 4) is 6.07 Å². The SMILES string of the molecule is CC(C)(C)OC(=O)NCc1cc(=O)n(C2CC2)c2c(C#N)c(N3CC[C@H](NC(=O)OC(C)(C)C)C3)c(F)cc12. The minimum atomic E-state index is -0.706. The summed E-state index contributed by atoms with van der Waals surface area (Å²) >= 11 is 0. The first-order chi connectivity index (χ1) is 18.2. The molecule has 11 heteroatoms. The molecule has 0 spiro atoms. The zero-order valence-corrected chi connectivity index (χ0v) is 23.3. The summed E-state index contributed by atoms with van der Waals surface area (Å²) in [6.45, 7) is 11.1. The fourth-order valence-corrected chi connectivity index (χ4v) is 4.82. The molecule has 1 aliphatic heterocycles. The number of carbonyl (C=O) groups excluding carboxylic acids is 2. The van der Waals surface area contributed by atoms with Crippen molar-refractivity contribution in [2.45, 2.75) is 90.6 Å². The minimum absolute atomic E-state index is 0.0611. The Kier molecular flexibility index (Phi) is 7.52. The molecule has 0 radical (unpaired) electrons. The number of nitrogens with one attached hydrogen (secondary N) is 2. The monoisotopic (exact) mass is 541 g/mol. The standard InChI is InChI=1S/C28H36FN5O5/c1-27(2,3)38-25(36)31-14-16-11-22(35)34(18-7-8-18)23-19(16)12-21(29)24(20(23)13-30)33-10-9-17(15-33)32-26(37)39-28(4,5)6/h11-12,17-18H,7-10,14-15H2,1-6H3,(H,31,36)(H,32,37)/t17-/m0/s1. The highest BCUT2D eigenvalue weighted by molar-refractivity contribution is 5.93. The van der Waals surface area contributed by atoms with Crippen LogP contribution in [0.1, 0.15) is 78.0 Å². The number of hydrogen-bond donors (Lipinski definition) is 2. The van der Waals surface area contributed by atoms with Gasteiger partial charge < -0.3 is 29.6 Å². The van der Waals surface area contributed by atoms with Gasteiger partial charge in [0.2, 0.25) is 0 Å². The maximum Gasteiger partial charge on any atom is 0.407 e. The van der Waals surface area contributed by atoms with Gasteiger partial charge in [-0.3, -0.25) is 4.79 Å². The van der Waals surface area contributed by atoms with E-state index in [1.807, 2.05) is 0 Å². The quantitative estimate of drug-likeness (QED) is 0.572. The molecule has 0 unspecified atom stereocenters. The van der Waals surface area contributed by atoms with Gasteiger partial charge in [0.25, 0.3) is 5.56 Å². The van der Waals surface area contributed by atoms with Gasteiger partial charge in [0.15, 0.2) is 0 Å². The van der Waals surface area contributed by atoms with E-state index in [0.717, 1.165) is 12.8 Å². The third-order valence-corrected chi connectivity index (χ3v) is 6.42. The largest absolute Gasteiger partial charge is 0.444 e. The van der Waals surface area contributed by atoms with Crippen LogP contribution in [0.3, 0.4) is 0 Å². The van der Waals surface area contributed by atoms with Crippen molar-refractivity contribution in [1.29, 1.82) is 5.26 Å². The van der Waals surface area contributed by atoms with Gasteiger partial charge in [-0.25, -0.2) is 14.0 Å². The summed E-state index contributed by atoms with van der Waals surface area (Å²) in [7, 11) is 0. The van der Waals surface area contributed by atoms with Gasteiger partial charge in [0.05, 0.1) is 17.2 Å². The number of halogens is 1. The van der Waals surface area contributed by atoms with E-state index in [0.29, 0.717) is 29.4 Å². The van der Waals surface area contributed by atoms with Crippen molar-refractivity contribution < 1.29 is 23.5 Å². The fourth-order valence-electron chi connectivity index (χ4n) is 4.82. The molecule has 1 aliphatic carbocycles. The summed E-state index contributed by atoms with van der Waals surface area (Å²) in [6.07, 6.45) is 0.886. The summed E-state index contributed by atoms with van der Waals surface area (Å²) in [4.78, 5) is 39.5. The Labute approximate surface area is 227 Å². The molecule has 2 heterocycles. The molecule has 2 aromatic rings. The van der Waals surface area contributed by atoms with Crippen LogP contribution in [-0.4, -0.2) is 47.1 Å². The van der Waals surface area contributed by atoms with E-state index in [1.165, 1.54) is 12.1 Å². The highest BCUT2D eigenvalue weighted by Crippen LogP contribution is 2.40. The molecule has 4 rings (SSSR count). The fraction of sp³-hybridized carbons (Fsp3) is 0.571. The second kappa shape index (κ2) is 10.4. The molecule has 39 heavy (non-hydrogen) atoms. The highest BCUT2D eigenvalue weighted by Gasteiger charge is 2.33. The molecule has 1 aromatic heterocycles. The number of ether oxygens (including phenoxy) is 2. The Balaban J connectivity index is 1.70. The van der Waals surface area contributed by atoms with Gasteiger partial charge in [-0.1, -0.05) is 0 Å². The first-order valence-corrected chi connectivity index (χ1v) is 13.2. The normalized spacial score (nSPS) is 17.6. The van der Waals surface area contributed by atoms with Crippen LogP contribution in [0.2, 0.25) is 0 Å². The third kappa shape index (κ3) is 6.61. The molecule has 1 aromatic carbocycles. The van der Waals surface area contributed by atoms with Gasteiger partial charge in [-0.05, 0) is 72.4 Å². The van der Waals surface area contributed by atoms with Gasteiger partial charge in [-0.15, -0.1) is 0 Å². The molecular weight excluding hydrogens is 505 g/mol. The van der Waals surface area contributed by atoms with Crippen molar-refractivity contribution >= 4 is 28.8 Å². The second-order valence-electron chi connectivity index (χ2n) is 12.1. The molecule has 2 aliphatic rings. The van der Waals surface area contributed by atoms with Gasteiger partial charge in [-0.2, -0.15) is 5.26 Å². The average molecular weight is 542 g/mol. The van der Waals surface area contributed by atoms with E-state index >= 15 is 4.39 Å². The molecule has 1 saturated carbocycles. The highest BCUT2D eigenvalue weighted by atomic mass is 19.1. The molecule has 2 N–H and O–H groups in total. The maximum atomic E-state index is 15.8. The number of carbonyl (C=O) groups is 2. The Hall–Kier alpha value is -3.81. The lowest BCUT2D eigenvalue weighted by Crippen LogP contribution is -2.40. The van der Waals surface area contributed by atoms with Gasteiger partial charge >= 0.3 is 12.2 Å². The van der Waals surface area contributed by atoms with E-state index in [9.17, 15) is 19.6 Å². The molecule has 10 nitrogen and oxygen atoms in total. The summed E-state index contributed by atoms with van der Waals surface area (Å²) < 4.78 is 28.0. The number of anilines is 1. The molecule has 1 atom stereocenters. The summed E-state index contributed by atoms with van der Waals surface area (Å²) in [5, 5.41) is 16.1. The number of nitrogens with zero attached hydrogens (tertiary/aromatic N) is 3. The number of pyridine rings is 1.